The zero-order chi connectivity index (χ0) is 52.5. The van der Waals surface area contributed by atoms with Crippen molar-refractivity contribution in [1.29, 1.82) is 0 Å². The highest BCUT2D eigenvalue weighted by Gasteiger charge is 2.31. The third kappa shape index (κ3) is 12.3. The number of hydrogen-bond acceptors (Lipinski definition) is 17. The van der Waals surface area contributed by atoms with Crippen molar-refractivity contribution in [2.75, 3.05) is 56.8 Å². The maximum Gasteiger partial charge on any atom is 0.279 e. The van der Waals surface area contributed by atoms with E-state index >= 15 is 0 Å². The normalized spacial score (nSPS) is 13.6. The number of carbonyl (C=O) groups is 2. The van der Waals surface area contributed by atoms with E-state index in [1.165, 1.54) is 21.3 Å². The van der Waals surface area contributed by atoms with Gasteiger partial charge in [-0.05, 0) is 141 Å². The van der Waals surface area contributed by atoms with Gasteiger partial charge >= 0.3 is 0 Å². The van der Waals surface area contributed by atoms with Gasteiger partial charge in [-0.3, -0.25) is 14.4 Å². The van der Waals surface area contributed by atoms with Crippen LogP contribution in [0.15, 0.2) is 130 Å². The number of Topliss-reactive ketones (excluding diaryl/α,β-unsaturated/α-hetero) is 1. The van der Waals surface area contributed by atoms with Gasteiger partial charge in [-0.15, -0.1) is 20.4 Å². The largest absolute Gasteiger partial charge is 0.495 e. The van der Waals surface area contributed by atoms with Crippen molar-refractivity contribution in [3.8, 4) is 68.6 Å². The fraction of sp³-hybridized carbons (Fsp3) is 0.296. The number of carbonyl (C=O) groups excluding carboxylic acids is 2. The van der Waals surface area contributed by atoms with Crippen LogP contribution in [0.4, 0.5) is 0 Å². The van der Waals surface area contributed by atoms with Crippen molar-refractivity contribution >= 4 is 43.6 Å². The lowest BCUT2D eigenvalue weighted by molar-refractivity contribution is -0.179. The minimum atomic E-state index is -0.832. The molecule has 4 aromatic carbocycles. The summed E-state index contributed by atoms with van der Waals surface area (Å²) in [6.07, 6.45) is 4.50. The molecule has 0 saturated heterocycles. The number of rotatable bonds is 18. The predicted molar refractivity (Wildman–Crippen MR) is 277 cm³/mol. The fourth-order valence-corrected chi connectivity index (χ4v) is 8.65. The van der Waals surface area contributed by atoms with Crippen LogP contribution in [0, 0.1) is 0 Å². The van der Waals surface area contributed by atoms with Crippen molar-refractivity contribution in [1.82, 2.24) is 25.5 Å². The van der Waals surface area contributed by atoms with Crippen LogP contribution in [0.1, 0.15) is 83.2 Å². The van der Waals surface area contributed by atoms with Gasteiger partial charge in [-0.25, -0.2) is 5.06 Å². The molecule has 0 N–H and O–H groups in total. The summed E-state index contributed by atoms with van der Waals surface area (Å²) in [5, 5.41) is 17.5. The summed E-state index contributed by atoms with van der Waals surface area (Å²) in [6.45, 7) is 0. The first-order chi connectivity index (χ1) is 35.9. The maximum atomic E-state index is 13.2. The molecule has 0 aliphatic heterocycles. The number of methoxy groups -OCH3 is 6. The SMILES string of the molecule is COC(C(=O)N(C)OC)c1ccc(-c2nnc(C3CC3)o2)cc1.COc1cc(-c2ccc(C(=O)C(OC)c3ccc(-c4nnc(C5CC5)o4)cc3)o2)cc(OC)c1Br.COc1cc(-c2ccco2)cc(OC)c1Br. The number of benzene rings is 4. The lowest BCUT2D eigenvalue weighted by atomic mass is 10.0. The van der Waals surface area contributed by atoms with E-state index in [-0.39, 0.29) is 17.5 Å². The molecule has 2 atom stereocenters. The summed E-state index contributed by atoms with van der Waals surface area (Å²) in [5.41, 5.74) is 4.65. The standard InChI is InChI=1S/C26H23BrN2O6.C16H19N3O4.C12H11BrO3/c1-31-20-12-17(13-21(32-2)22(20)27)18-10-11-19(34-18)23(30)24(33-3)14-4-6-15(7-5-14)25-28-29-26(35-25)16-8-9-16;1-19(22-3)16(20)13(21-2)10-4-6-11(7-5-10)14-17-18-15(23-14)12-8-9-12;1-14-10-6-8(9-4-3-5-16-9)7-11(15-2)12(10)13/h4-7,10-13,16,24H,8-9H2,1-3H3;4-7,12-13H,8-9H2,1-3H3;3-7H,1-2H3. The Hall–Kier alpha value is -7.10. The van der Waals surface area contributed by atoms with E-state index < -0.39 is 12.2 Å². The Labute approximate surface area is 443 Å². The lowest BCUT2D eigenvalue weighted by Gasteiger charge is -2.20. The van der Waals surface area contributed by atoms with Gasteiger partial charge in [-0.2, -0.15) is 0 Å². The molecule has 0 radical (unpaired) electrons. The topological polar surface area (TPSA) is 206 Å². The summed E-state index contributed by atoms with van der Waals surface area (Å²) < 4.78 is 56.3. The Bertz CT molecular complexity index is 3100. The summed E-state index contributed by atoms with van der Waals surface area (Å²) in [5.74, 6) is 6.66. The number of halogens is 2. The Morgan fingerprint density at radius 1 is 0.554 bits per heavy atom. The molecule has 1 amide bonds. The van der Waals surface area contributed by atoms with Gasteiger partial charge in [0.15, 0.2) is 11.9 Å². The van der Waals surface area contributed by atoms with E-state index in [9.17, 15) is 9.59 Å². The molecule has 2 aliphatic carbocycles. The number of ketones is 1. The average molecular weight is 1140 g/mol. The van der Waals surface area contributed by atoms with Gasteiger partial charge in [-0.1, -0.05) is 24.3 Å². The Morgan fingerprint density at radius 3 is 1.39 bits per heavy atom. The number of likely N-dealkylation sites (N-methyl/N-ethyl adjacent to an activating group) is 1. The van der Waals surface area contributed by atoms with E-state index in [1.807, 2.05) is 72.8 Å². The number of hydrogen-bond donors (Lipinski definition) is 0. The monoisotopic (exact) mass is 1140 g/mol. The van der Waals surface area contributed by atoms with Gasteiger partial charge in [0.2, 0.25) is 29.3 Å². The van der Waals surface area contributed by atoms with Crippen LogP contribution in [-0.4, -0.2) is 94.0 Å². The quantitative estimate of drug-likeness (QED) is 0.0578. The number of amides is 1. The molecule has 18 nitrogen and oxygen atoms in total. The van der Waals surface area contributed by atoms with E-state index in [2.05, 4.69) is 52.3 Å². The maximum absolute atomic E-state index is 13.2. The molecule has 20 heteroatoms. The minimum Gasteiger partial charge on any atom is -0.495 e. The zero-order valence-electron chi connectivity index (χ0n) is 41.8. The number of nitrogens with zero attached hydrogens (tertiary/aromatic N) is 5. The second-order valence-electron chi connectivity index (χ2n) is 16.8. The first-order valence-electron chi connectivity index (χ1n) is 23.2. The van der Waals surface area contributed by atoms with Crippen molar-refractivity contribution in [3.05, 3.63) is 141 Å². The zero-order valence-corrected chi connectivity index (χ0v) is 44.9. The molecule has 0 spiro atoms. The van der Waals surface area contributed by atoms with Crippen LogP contribution in [0.2, 0.25) is 0 Å². The van der Waals surface area contributed by atoms with Gasteiger partial charge in [0, 0.05) is 55.4 Å². The summed E-state index contributed by atoms with van der Waals surface area (Å²) in [7, 11) is 12.3. The highest BCUT2D eigenvalue weighted by Crippen LogP contribution is 2.43. The van der Waals surface area contributed by atoms with Gasteiger partial charge in [0.25, 0.3) is 5.91 Å². The van der Waals surface area contributed by atoms with Crippen LogP contribution in [-0.2, 0) is 19.1 Å². The third-order valence-corrected chi connectivity index (χ3v) is 13.6. The smallest absolute Gasteiger partial charge is 0.279 e. The van der Waals surface area contributed by atoms with Crippen molar-refractivity contribution in [2.24, 2.45) is 0 Å². The Balaban J connectivity index is 0.000000160. The molecule has 8 aromatic rings. The first-order valence-corrected chi connectivity index (χ1v) is 24.8. The van der Waals surface area contributed by atoms with Crippen molar-refractivity contribution in [2.45, 2.75) is 49.7 Å². The predicted octanol–water partition coefficient (Wildman–Crippen LogP) is 12.3. The second kappa shape index (κ2) is 24.3. The summed E-state index contributed by atoms with van der Waals surface area (Å²) in [4.78, 5) is 30.3. The number of furan rings is 2. The Kier molecular flexibility index (Phi) is 17.5. The van der Waals surface area contributed by atoms with Crippen LogP contribution < -0.4 is 18.9 Å². The summed E-state index contributed by atoms with van der Waals surface area (Å²) >= 11 is 6.87. The van der Waals surface area contributed by atoms with Crippen LogP contribution >= 0.6 is 31.9 Å². The van der Waals surface area contributed by atoms with E-state index in [4.69, 9.17) is 50.9 Å². The van der Waals surface area contributed by atoms with Crippen LogP contribution in [0.5, 0.6) is 23.0 Å². The molecule has 2 fully saturated rings. The molecule has 386 valence electrons. The van der Waals surface area contributed by atoms with Gasteiger partial charge < -0.3 is 46.1 Å². The molecular formula is C54H53Br2N5O13. The highest BCUT2D eigenvalue weighted by atomic mass is 79.9. The molecule has 4 aromatic heterocycles. The first kappa shape index (κ1) is 53.2. The molecule has 74 heavy (non-hydrogen) atoms. The second-order valence-corrected chi connectivity index (χ2v) is 18.4. The average Bonchev–Trinajstić information content (AvgIpc) is 4.13. The molecule has 10 rings (SSSR count). The third-order valence-electron chi connectivity index (χ3n) is 12.0. The van der Waals surface area contributed by atoms with Crippen molar-refractivity contribution in [3.63, 3.8) is 0 Å². The van der Waals surface area contributed by atoms with E-state index in [1.54, 1.807) is 66.0 Å². The Morgan fingerprint density at radius 2 is 1.00 bits per heavy atom. The van der Waals surface area contributed by atoms with Gasteiger partial charge in [0.05, 0.1) is 41.8 Å². The van der Waals surface area contributed by atoms with E-state index in [0.717, 1.165) is 63.2 Å². The number of hydroxylamine groups is 2. The molecule has 4 heterocycles. The number of ether oxygens (including phenoxy) is 6. The molecular weight excluding hydrogens is 1090 g/mol. The highest BCUT2D eigenvalue weighted by molar-refractivity contribution is 9.11. The summed E-state index contributed by atoms with van der Waals surface area (Å²) in [6, 6.07) is 29.1. The lowest BCUT2D eigenvalue weighted by Crippen LogP contribution is -2.31. The van der Waals surface area contributed by atoms with E-state index in [0.29, 0.717) is 79.8 Å². The molecule has 2 saturated carbocycles. The fourth-order valence-electron chi connectivity index (χ4n) is 7.54. The molecule has 2 unspecified atom stereocenters. The van der Waals surface area contributed by atoms with Crippen LogP contribution in [0.3, 0.4) is 0 Å². The molecule has 2 aliphatic rings. The number of aromatic nitrogens is 4. The minimum absolute atomic E-state index is 0.183. The van der Waals surface area contributed by atoms with Gasteiger partial charge in [0.1, 0.15) is 49.6 Å². The molecule has 0 bridgehead atoms. The van der Waals surface area contributed by atoms with Crippen molar-refractivity contribution < 1.29 is 60.5 Å². The van der Waals surface area contributed by atoms with Crippen LogP contribution in [0.25, 0.3) is 45.6 Å².